The van der Waals surface area contributed by atoms with E-state index >= 15 is 0 Å². The number of nitrogens with zero attached hydrogens (tertiary/aromatic N) is 1. The molecular weight excluding hydrogens is 322 g/mol. The summed E-state index contributed by atoms with van der Waals surface area (Å²) in [5.74, 6) is -1.17. The van der Waals surface area contributed by atoms with E-state index < -0.39 is 11.6 Å². The minimum atomic E-state index is -1.70. The Balaban J connectivity index is 2.18. The summed E-state index contributed by atoms with van der Waals surface area (Å²) in [5.41, 5.74) is 0.649. The smallest absolute Gasteiger partial charge is 0.336 e. The molecule has 1 aromatic carbocycles. The average Bonchev–Trinajstić information content (AvgIpc) is 2.80. The first-order valence-corrected chi connectivity index (χ1v) is 7.56. The Bertz CT molecular complexity index is 516. The lowest BCUT2D eigenvalue weighted by Gasteiger charge is -2.30. The van der Waals surface area contributed by atoms with Crippen LogP contribution >= 0.6 is 15.9 Å². The third-order valence-electron chi connectivity index (χ3n) is 3.90. The molecule has 0 aliphatic carbocycles. The molecule has 2 rings (SSSR count). The van der Waals surface area contributed by atoms with Gasteiger partial charge in [0.2, 0.25) is 0 Å². The van der Waals surface area contributed by atoms with E-state index in [2.05, 4.69) is 33.0 Å². The van der Waals surface area contributed by atoms with Crippen LogP contribution in [0.2, 0.25) is 0 Å². The summed E-state index contributed by atoms with van der Waals surface area (Å²) in [7, 11) is 0. The lowest BCUT2D eigenvalue weighted by Crippen LogP contribution is -2.46. The van der Waals surface area contributed by atoms with Crippen molar-refractivity contribution in [3.63, 3.8) is 0 Å². The Kier molecular flexibility index (Phi) is 4.52. The predicted octanol–water partition coefficient (Wildman–Crippen LogP) is 2.73. The molecule has 110 valence electrons. The van der Waals surface area contributed by atoms with Crippen molar-refractivity contribution in [2.75, 3.05) is 13.1 Å². The topological polar surface area (TPSA) is 60.8 Å². The molecule has 20 heavy (non-hydrogen) atoms. The van der Waals surface area contributed by atoms with Crippen molar-refractivity contribution in [2.24, 2.45) is 0 Å². The number of carbonyl (C=O) groups is 1. The normalized spacial score (nSPS) is 22.7. The van der Waals surface area contributed by atoms with Gasteiger partial charge in [0.25, 0.3) is 0 Å². The van der Waals surface area contributed by atoms with E-state index in [1.165, 1.54) is 18.1 Å². The molecule has 1 heterocycles. The van der Waals surface area contributed by atoms with Gasteiger partial charge in [-0.1, -0.05) is 28.1 Å². The predicted molar refractivity (Wildman–Crippen MR) is 80.7 cm³/mol. The highest BCUT2D eigenvalue weighted by Crippen LogP contribution is 2.34. The Morgan fingerprint density at radius 3 is 2.85 bits per heavy atom. The maximum Gasteiger partial charge on any atom is 0.336 e. The fourth-order valence-corrected chi connectivity index (χ4v) is 2.98. The molecule has 0 saturated carbocycles. The third kappa shape index (κ3) is 3.22. The van der Waals surface area contributed by atoms with Crippen LogP contribution < -0.4 is 0 Å². The SMILES string of the molecule is Cc1cc(C2CCCN2CC(C)(O)C(=O)O)ccc1Br. The number of likely N-dealkylation sites (tertiary alicyclic amines) is 1. The Morgan fingerprint density at radius 2 is 2.25 bits per heavy atom. The number of carboxylic acids is 1. The number of carboxylic acid groups (broad SMARTS) is 1. The highest BCUT2D eigenvalue weighted by molar-refractivity contribution is 9.10. The summed E-state index contributed by atoms with van der Waals surface area (Å²) in [4.78, 5) is 13.1. The van der Waals surface area contributed by atoms with Crippen LogP contribution in [-0.2, 0) is 4.79 Å². The number of benzene rings is 1. The van der Waals surface area contributed by atoms with Crippen LogP contribution in [0.4, 0.5) is 0 Å². The van der Waals surface area contributed by atoms with Crippen molar-refractivity contribution in [1.29, 1.82) is 0 Å². The second-order valence-electron chi connectivity index (χ2n) is 5.72. The zero-order chi connectivity index (χ0) is 14.9. The number of halogens is 1. The molecule has 2 unspecified atom stereocenters. The Labute approximate surface area is 127 Å². The number of aryl methyl sites for hydroxylation is 1. The molecule has 1 aliphatic rings. The molecule has 2 atom stereocenters. The summed E-state index contributed by atoms with van der Waals surface area (Å²) in [6.45, 7) is 4.38. The van der Waals surface area contributed by atoms with Gasteiger partial charge in [-0.05, 0) is 50.4 Å². The molecule has 1 fully saturated rings. The van der Waals surface area contributed by atoms with Gasteiger partial charge >= 0.3 is 5.97 Å². The molecule has 5 heteroatoms. The minimum absolute atomic E-state index is 0.155. The maximum atomic E-state index is 11.1. The average molecular weight is 342 g/mol. The van der Waals surface area contributed by atoms with E-state index in [0.717, 1.165) is 23.9 Å². The number of hydrogen-bond acceptors (Lipinski definition) is 3. The van der Waals surface area contributed by atoms with Crippen LogP contribution in [0.25, 0.3) is 0 Å². The van der Waals surface area contributed by atoms with Crippen LogP contribution in [0.5, 0.6) is 0 Å². The number of aliphatic carboxylic acids is 1. The van der Waals surface area contributed by atoms with Crippen molar-refractivity contribution in [1.82, 2.24) is 4.90 Å². The third-order valence-corrected chi connectivity index (χ3v) is 4.79. The van der Waals surface area contributed by atoms with Gasteiger partial charge in [-0.2, -0.15) is 0 Å². The largest absolute Gasteiger partial charge is 0.479 e. The summed E-state index contributed by atoms with van der Waals surface area (Å²) in [6.07, 6.45) is 2.02. The van der Waals surface area contributed by atoms with E-state index in [4.69, 9.17) is 5.11 Å². The van der Waals surface area contributed by atoms with Gasteiger partial charge < -0.3 is 10.2 Å². The standard InChI is InChI=1S/C15H20BrNO3/c1-10-8-11(5-6-12(10)16)13-4-3-7-17(13)9-15(2,20)14(18)19/h5-6,8,13,20H,3-4,7,9H2,1-2H3,(H,18,19). The van der Waals surface area contributed by atoms with Gasteiger partial charge in [0.05, 0.1) is 0 Å². The second-order valence-corrected chi connectivity index (χ2v) is 6.57. The highest BCUT2D eigenvalue weighted by Gasteiger charge is 2.37. The van der Waals surface area contributed by atoms with Gasteiger partial charge in [-0.25, -0.2) is 4.79 Å². The van der Waals surface area contributed by atoms with Crippen molar-refractivity contribution in [2.45, 2.75) is 38.3 Å². The monoisotopic (exact) mass is 341 g/mol. The molecule has 1 aromatic rings. The fraction of sp³-hybridized carbons (Fsp3) is 0.533. The quantitative estimate of drug-likeness (QED) is 0.883. The van der Waals surface area contributed by atoms with Gasteiger partial charge in [-0.3, -0.25) is 4.90 Å². The van der Waals surface area contributed by atoms with E-state index in [9.17, 15) is 9.90 Å². The summed E-state index contributed by atoms with van der Waals surface area (Å²) >= 11 is 3.49. The van der Waals surface area contributed by atoms with Gasteiger partial charge in [0.15, 0.2) is 5.60 Å². The van der Waals surface area contributed by atoms with Crippen LogP contribution in [0.1, 0.15) is 36.9 Å². The zero-order valence-corrected chi connectivity index (χ0v) is 13.4. The zero-order valence-electron chi connectivity index (χ0n) is 11.8. The Morgan fingerprint density at radius 1 is 1.55 bits per heavy atom. The first-order chi connectivity index (χ1) is 9.31. The maximum absolute atomic E-state index is 11.1. The molecule has 0 radical (unpaired) electrons. The molecular formula is C15H20BrNO3. The van der Waals surface area contributed by atoms with Gasteiger partial charge in [0, 0.05) is 17.1 Å². The van der Waals surface area contributed by atoms with Crippen molar-refractivity contribution in [3.05, 3.63) is 33.8 Å². The van der Waals surface area contributed by atoms with E-state index in [1.807, 2.05) is 13.0 Å². The van der Waals surface area contributed by atoms with Crippen molar-refractivity contribution in [3.8, 4) is 0 Å². The molecule has 1 aliphatic heterocycles. The molecule has 0 amide bonds. The lowest BCUT2D eigenvalue weighted by atomic mass is 10.0. The van der Waals surface area contributed by atoms with Gasteiger partial charge in [-0.15, -0.1) is 0 Å². The Hall–Kier alpha value is -0.910. The van der Waals surface area contributed by atoms with E-state index in [0.29, 0.717) is 0 Å². The van der Waals surface area contributed by atoms with Crippen molar-refractivity contribution >= 4 is 21.9 Å². The van der Waals surface area contributed by atoms with Crippen LogP contribution in [0.15, 0.2) is 22.7 Å². The van der Waals surface area contributed by atoms with Crippen molar-refractivity contribution < 1.29 is 15.0 Å². The molecule has 1 saturated heterocycles. The minimum Gasteiger partial charge on any atom is -0.479 e. The molecule has 0 spiro atoms. The fourth-order valence-electron chi connectivity index (χ4n) is 2.73. The van der Waals surface area contributed by atoms with Gasteiger partial charge in [0.1, 0.15) is 0 Å². The van der Waals surface area contributed by atoms with Crippen LogP contribution in [-0.4, -0.2) is 39.8 Å². The molecule has 4 nitrogen and oxygen atoms in total. The number of β-amino-alcohol motifs (C(OH)–C–C–N with tert-alkyl or cyclic N) is 1. The summed E-state index contributed by atoms with van der Waals surface area (Å²) < 4.78 is 1.07. The van der Waals surface area contributed by atoms with Crippen LogP contribution in [0, 0.1) is 6.92 Å². The number of aliphatic hydroxyl groups is 1. The molecule has 0 bridgehead atoms. The van der Waals surface area contributed by atoms with Crippen LogP contribution in [0.3, 0.4) is 0 Å². The number of rotatable bonds is 4. The van der Waals surface area contributed by atoms with E-state index in [1.54, 1.807) is 0 Å². The number of hydrogen-bond donors (Lipinski definition) is 2. The van der Waals surface area contributed by atoms with E-state index in [-0.39, 0.29) is 12.6 Å². The summed E-state index contributed by atoms with van der Waals surface area (Å²) in [6, 6.07) is 6.40. The summed E-state index contributed by atoms with van der Waals surface area (Å²) in [5, 5.41) is 19.0. The highest BCUT2D eigenvalue weighted by atomic mass is 79.9. The molecule has 0 aromatic heterocycles. The molecule has 2 N–H and O–H groups in total. The first-order valence-electron chi connectivity index (χ1n) is 6.77. The second kappa shape index (κ2) is 5.84. The first kappa shape index (κ1) is 15.5. The lowest BCUT2D eigenvalue weighted by molar-refractivity contribution is -0.158.